The van der Waals surface area contributed by atoms with Crippen molar-refractivity contribution < 1.29 is 33.0 Å². The van der Waals surface area contributed by atoms with E-state index in [1.165, 1.54) is 128 Å². The monoisotopic (exact) mass is 763 g/mol. The molecule has 2 rings (SSSR count). The Morgan fingerprint density at radius 1 is 0.455 bits per heavy atom. The number of hydrogen-bond acceptors (Lipinski definition) is 6. The summed E-state index contributed by atoms with van der Waals surface area (Å²) in [4.78, 5) is 24.6. The van der Waals surface area contributed by atoms with Gasteiger partial charge in [-0.15, -0.1) is 0 Å². The molecule has 55 heavy (non-hydrogen) atoms. The lowest BCUT2D eigenvalue weighted by Gasteiger charge is -2.28. The van der Waals surface area contributed by atoms with Crippen LogP contribution in [0.15, 0.2) is 60.7 Å². The van der Waals surface area contributed by atoms with Gasteiger partial charge in [-0.1, -0.05) is 154 Å². The number of rotatable bonds is 34. The van der Waals surface area contributed by atoms with E-state index in [4.69, 9.17) is 18.9 Å². The summed E-state index contributed by atoms with van der Waals surface area (Å²) in [5, 5.41) is 0. The standard InChI is InChI=1S/C48H76NO6/c1-5-7-9-11-13-15-17-19-21-23-39-52-45-31-25-43(26-32-45)29-35-47(50)54-41-37-49(3,4)38-42-55-48(51)36-30-44-27-33-46(34-28-44)53-40-24-22-20-18-16-14-12-10-8-6-2/h25-36H,5-24,37-42H2,1-4H3/q+1/b35-29+,36-30+. The van der Waals surface area contributed by atoms with E-state index in [1.54, 1.807) is 12.2 Å². The van der Waals surface area contributed by atoms with E-state index in [-0.39, 0.29) is 25.2 Å². The predicted molar refractivity (Wildman–Crippen MR) is 229 cm³/mol. The lowest BCUT2D eigenvalue weighted by molar-refractivity contribution is -0.890. The molecule has 0 N–H and O–H groups in total. The van der Waals surface area contributed by atoms with Crippen LogP contribution in [0.4, 0.5) is 0 Å². The Morgan fingerprint density at radius 2 is 0.764 bits per heavy atom. The molecule has 0 saturated heterocycles. The summed E-state index contributed by atoms with van der Waals surface area (Å²) in [5.74, 6) is 0.934. The second-order valence-corrected chi connectivity index (χ2v) is 15.6. The van der Waals surface area contributed by atoms with Crippen LogP contribution in [0.1, 0.15) is 153 Å². The second-order valence-electron chi connectivity index (χ2n) is 15.6. The van der Waals surface area contributed by atoms with Gasteiger partial charge in [0.1, 0.15) is 37.8 Å². The molecule has 7 nitrogen and oxygen atoms in total. The summed E-state index contributed by atoms with van der Waals surface area (Å²) in [6.45, 7) is 7.74. The molecule has 308 valence electrons. The van der Waals surface area contributed by atoms with E-state index in [1.807, 2.05) is 62.6 Å². The van der Waals surface area contributed by atoms with Gasteiger partial charge in [-0.25, -0.2) is 9.59 Å². The fourth-order valence-electron chi connectivity index (χ4n) is 6.23. The molecule has 0 aliphatic carbocycles. The Balaban J connectivity index is 1.51. The minimum atomic E-state index is -0.383. The van der Waals surface area contributed by atoms with Crippen molar-refractivity contribution in [2.45, 2.75) is 142 Å². The molecule has 0 bridgehead atoms. The first-order valence-corrected chi connectivity index (χ1v) is 21.8. The normalized spacial score (nSPS) is 11.7. The predicted octanol–water partition coefficient (Wildman–Crippen LogP) is 12.2. The molecular weight excluding hydrogens is 687 g/mol. The fraction of sp³-hybridized carbons (Fsp3) is 0.625. The first-order chi connectivity index (χ1) is 26.8. The third-order valence-corrected chi connectivity index (χ3v) is 10.00. The van der Waals surface area contributed by atoms with Crippen LogP contribution in [0.5, 0.6) is 11.5 Å². The summed E-state index contributed by atoms with van der Waals surface area (Å²) < 4.78 is 23.2. The highest BCUT2D eigenvalue weighted by atomic mass is 16.5. The highest BCUT2D eigenvalue weighted by Crippen LogP contribution is 2.17. The van der Waals surface area contributed by atoms with Gasteiger partial charge in [-0.2, -0.15) is 0 Å². The van der Waals surface area contributed by atoms with Crippen LogP contribution >= 0.6 is 0 Å². The molecule has 0 atom stereocenters. The number of esters is 2. The smallest absolute Gasteiger partial charge is 0.330 e. The minimum absolute atomic E-state index is 0.273. The van der Waals surface area contributed by atoms with E-state index in [0.29, 0.717) is 17.6 Å². The van der Waals surface area contributed by atoms with Gasteiger partial charge in [-0.3, -0.25) is 0 Å². The lowest BCUT2D eigenvalue weighted by atomic mass is 10.1. The van der Waals surface area contributed by atoms with Crippen LogP contribution in [0.25, 0.3) is 12.2 Å². The molecule has 0 spiro atoms. The highest BCUT2D eigenvalue weighted by Gasteiger charge is 2.16. The second kappa shape index (κ2) is 31.6. The van der Waals surface area contributed by atoms with Gasteiger partial charge in [0.15, 0.2) is 0 Å². The van der Waals surface area contributed by atoms with Crippen LogP contribution in [0.2, 0.25) is 0 Å². The third-order valence-electron chi connectivity index (χ3n) is 10.00. The molecule has 2 aromatic rings. The molecule has 0 saturated carbocycles. The van der Waals surface area contributed by atoms with Crippen molar-refractivity contribution >= 4 is 24.1 Å². The zero-order valence-corrected chi connectivity index (χ0v) is 35.2. The summed E-state index contributed by atoms with van der Waals surface area (Å²) in [6, 6.07) is 15.5. The van der Waals surface area contributed by atoms with Gasteiger partial charge in [0.05, 0.1) is 27.3 Å². The summed E-state index contributed by atoms with van der Waals surface area (Å²) in [5.41, 5.74) is 1.83. The molecular formula is C48H76NO6+. The van der Waals surface area contributed by atoms with Gasteiger partial charge in [0, 0.05) is 12.2 Å². The van der Waals surface area contributed by atoms with Crippen molar-refractivity contribution in [2.75, 3.05) is 53.6 Å². The minimum Gasteiger partial charge on any atom is -0.494 e. The molecule has 0 unspecified atom stereocenters. The van der Waals surface area contributed by atoms with Crippen LogP contribution in [0, 0.1) is 0 Å². The van der Waals surface area contributed by atoms with E-state index in [2.05, 4.69) is 13.8 Å². The molecule has 0 aliphatic rings. The van der Waals surface area contributed by atoms with Gasteiger partial charge in [-0.05, 0) is 60.4 Å². The number of nitrogens with zero attached hydrogens (tertiary/aromatic N) is 1. The first kappa shape index (κ1) is 47.6. The van der Waals surface area contributed by atoms with Crippen LogP contribution < -0.4 is 9.47 Å². The number of hydrogen-bond donors (Lipinski definition) is 0. The number of benzene rings is 2. The van der Waals surface area contributed by atoms with Gasteiger partial charge in [0.2, 0.25) is 0 Å². The number of unbranched alkanes of at least 4 members (excludes halogenated alkanes) is 18. The molecule has 0 aliphatic heterocycles. The van der Waals surface area contributed by atoms with E-state index < -0.39 is 0 Å². The molecule has 0 amide bonds. The fourth-order valence-corrected chi connectivity index (χ4v) is 6.23. The molecule has 7 heteroatoms. The number of likely N-dealkylation sites (N-methyl/N-ethyl adjacent to an activating group) is 1. The number of quaternary nitrogens is 1. The Bertz CT molecular complexity index is 1200. The van der Waals surface area contributed by atoms with Gasteiger partial charge < -0.3 is 23.4 Å². The highest BCUT2D eigenvalue weighted by molar-refractivity contribution is 5.87. The molecule has 2 aromatic carbocycles. The Kier molecular flexibility index (Phi) is 27.3. The number of carbonyl (C=O) groups excluding carboxylic acids is 2. The molecule has 0 fully saturated rings. The topological polar surface area (TPSA) is 71.1 Å². The van der Waals surface area contributed by atoms with Crippen molar-refractivity contribution in [3.05, 3.63) is 71.8 Å². The quantitative estimate of drug-likeness (QED) is 0.0306. The Morgan fingerprint density at radius 3 is 1.09 bits per heavy atom. The summed E-state index contributed by atoms with van der Waals surface area (Å²) >= 11 is 0. The Labute approximate surface area is 335 Å². The Hall–Kier alpha value is -3.58. The average molecular weight is 763 g/mol. The number of ether oxygens (including phenoxy) is 4. The van der Waals surface area contributed by atoms with E-state index in [9.17, 15) is 9.59 Å². The summed E-state index contributed by atoms with van der Waals surface area (Å²) in [6.07, 6.45) is 32.6. The van der Waals surface area contributed by atoms with Gasteiger partial charge in [0.25, 0.3) is 0 Å². The maximum absolute atomic E-state index is 12.3. The summed E-state index contributed by atoms with van der Waals surface area (Å²) in [7, 11) is 4.04. The third kappa shape index (κ3) is 26.8. The zero-order chi connectivity index (χ0) is 39.7. The van der Waals surface area contributed by atoms with Gasteiger partial charge >= 0.3 is 11.9 Å². The largest absolute Gasteiger partial charge is 0.494 e. The van der Waals surface area contributed by atoms with Crippen LogP contribution in [0.3, 0.4) is 0 Å². The number of carbonyl (C=O) groups is 2. The SMILES string of the molecule is CCCCCCCCCCCCOc1ccc(/C=C/C(=O)OCC[N+](C)(C)CCOC(=O)/C=C/c2ccc(OCCCCCCCCCCCC)cc2)cc1. The van der Waals surface area contributed by atoms with E-state index >= 15 is 0 Å². The molecule has 0 radical (unpaired) electrons. The van der Waals surface area contributed by atoms with Crippen molar-refractivity contribution in [3.8, 4) is 11.5 Å². The van der Waals surface area contributed by atoms with Crippen molar-refractivity contribution in [2.24, 2.45) is 0 Å². The molecule has 0 aromatic heterocycles. The van der Waals surface area contributed by atoms with Crippen molar-refractivity contribution in [3.63, 3.8) is 0 Å². The first-order valence-electron chi connectivity index (χ1n) is 21.8. The molecule has 0 heterocycles. The maximum atomic E-state index is 12.3. The van der Waals surface area contributed by atoms with Crippen LogP contribution in [-0.2, 0) is 19.1 Å². The lowest BCUT2D eigenvalue weighted by Crippen LogP contribution is -2.45. The van der Waals surface area contributed by atoms with Crippen LogP contribution in [-0.4, -0.2) is 70.0 Å². The maximum Gasteiger partial charge on any atom is 0.330 e. The van der Waals surface area contributed by atoms with E-state index in [0.717, 1.165) is 48.7 Å². The van der Waals surface area contributed by atoms with Crippen molar-refractivity contribution in [1.82, 2.24) is 0 Å². The average Bonchev–Trinajstić information content (AvgIpc) is 3.18. The van der Waals surface area contributed by atoms with Crippen molar-refractivity contribution in [1.29, 1.82) is 0 Å². The zero-order valence-electron chi connectivity index (χ0n) is 35.2.